The van der Waals surface area contributed by atoms with Crippen molar-refractivity contribution in [3.05, 3.63) is 24.2 Å². The van der Waals surface area contributed by atoms with Crippen LogP contribution < -0.4 is 4.90 Å². The standard InChI is InChI=1S/C18H22FN5O/c1-12-21-17-15(3-2-6-20-17)18(22-12)23-7-4-14(5-8-23)24-11-13(10-19)9-16(24)25/h2-3,6,13-14H,4-5,7-11H2,1H3. The number of nitrogens with zero attached hydrogens (tertiary/aromatic N) is 5. The third kappa shape index (κ3) is 3.03. The van der Waals surface area contributed by atoms with Crippen molar-refractivity contribution in [2.24, 2.45) is 5.92 Å². The molecule has 2 fully saturated rings. The summed E-state index contributed by atoms with van der Waals surface area (Å²) in [6, 6.07) is 4.11. The van der Waals surface area contributed by atoms with Gasteiger partial charge in [-0.2, -0.15) is 0 Å². The number of hydrogen-bond donors (Lipinski definition) is 0. The van der Waals surface area contributed by atoms with Crippen molar-refractivity contribution in [2.75, 3.05) is 31.2 Å². The molecule has 25 heavy (non-hydrogen) atoms. The molecular weight excluding hydrogens is 321 g/mol. The second-order valence-corrected chi connectivity index (χ2v) is 6.96. The van der Waals surface area contributed by atoms with E-state index >= 15 is 0 Å². The van der Waals surface area contributed by atoms with Crippen LogP contribution in [0.5, 0.6) is 0 Å². The van der Waals surface area contributed by atoms with E-state index < -0.39 is 6.67 Å². The van der Waals surface area contributed by atoms with Gasteiger partial charge in [0.25, 0.3) is 0 Å². The zero-order chi connectivity index (χ0) is 17.4. The number of piperidine rings is 1. The third-order valence-corrected chi connectivity index (χ3v) is 5.22. The van der Waals surface area contributed by atoms with Crippen LogP contribution >= 0.6 is 0 Å². The van der Waals surface area contributed by atoms with E-state index in [1.807, 2.05) is 24.0 Å². The fourth-order valence-electron chi connectivity index (χ4n) is 3.95. The van der Waals surface area contributed by atoms with E-state index in [1.165, 1.54) is 0 Å². The molecule has 2 saturated heterocycles. The quantitative estimate of drug-likeness (QED) is 0.854. The molecule has 0 aliphatic carbocycles. The van der Waals surface area contributed by atoms with Crippen LogP contribution in [0, 0.1) is 12.8 Å². The lowest BCUT2D eigenvalue weighted by molar-refractivity contribution is -0.130. The van der Waals surface area contributed by atoms with Crippen LogP contribution in [-0.2, 0) is 4.79 Å². The highest BCUT2D eigenvalue weighted by Gasteiger charge is 2.36. The predicted molar refractivity (Wildman–Crippen MR) is 93.1 cm³/mol. The highest BCUT2D eigenvalue weighted by atomic mass is 19.1. The molecule has 1 amide bonds. The summed E-state index contributed by atoms with van der Waals surface area (Å²) in [5.74, 6) is 1.62. The minimum absolute atomic E-state index is 0.105. The number of likely N-dealkylation sites (tertiary alicyclic amines) is 1. The molecule has 1 atom stereocenters. The van der Waals surface area contributed by atoms with Crippen LogP contribution in [0.25, 0.3) is 11.0 Å². The summed E-state index contributed by atoms with van der Waals surface area (Å²) >= 11 is 0. The maximum atomic E-state index is 12.9. The average Bonchev–Trinajstić information content (AvgIpc) is 3.02. The lowest BCUT2D eigenvalue weighted by Gasteiger charge is -2.37. The molecule has 2 aliphatic heterocycles. The summed E-state index contributed by atoms with van der Waals surface area (Å²) in [6.45, 7) is 3.70. The molecule has 0 N–H and O–H groups in total. The van der Waals surface area contributed by atoms with Crippen molar-refractivity contribution in [2.45, 2.75) is 32.2 Å². The van der Waals surface area contributed by atoms with E-state index in [2.05, 4.69) is 19.9 Å². The number of alkyl halides is 1. The number of amides is 1. The maximum Gasteiger partial charge on any atom is 0.223 e. The Bertz CT molecular complexity index is 790. The van der Waals surface area contributed by atoms with Crippen LogP contribution in [-0.4, -0.2) is 58.1 Å². The first-order valence-electron chi connectivity index (χ1n) is 8.85. The summed E-state index contributed by atoms with van der Waals surface area (Å²) in [4.78, 5) is 29.6. The van der Waals surface area contributed by atoms with Crippen LogP contribution in [0.2, 0.25) is 0 Å². The highest BCUT2D eigenvalue weighted by Crippen LogP contribution is 2.29. The van der Waals surface area contributed by atoms with Crippen molar-refractivity contribution >= 4 is 22.8 Å². The van der Waals surface area contributed by atoms with Gasteiger partial charge < -0.3 is 9.80 Å². The van der Waals surface area contributed by atoms with Crippen molar-refractivity contribution in [3.8, 4) is 0 Å². The van der Waals surface area contributed by atoms with Gasteiger partial charge in [0.05, 0.1) is 12.1 Å². The first kappa shape index (κ1) is 16.2. The van der Waals surface area contributed by atoms with Gasteiger partial charge in [0, 0.05) is 44.2 Å². The number of hydrogen-bond acceptors (Lipinski definition) is 5. The Morgan fingerprint density at radius 2 is 2.08 bits per heavy atom. The smallest absolute Gasteiger partial charge is 0.223 e. The number of carbonyl (C=O) groups is 1. The maximum absolute atomic E-state index is 12.9. The van der Waals surface area contributed by atoms with Gasteiger partial charge in [0.1, 0.15) is 11.6 Å². The van der Waals surface area contributed by atoms with Crippen molar-refractivity contribution in [1.82, 2.24) is 19.9 Å². The molecular formula is C18H22FN5O. The molecule has 4 rings (SSSR count). The molecule has 6 nitrogen and oxygen atoms in total. The molecule has 0 aromatic carbocycles. The minimum atomic E-state index is -0.402. The molecule has 7 heteroatoms. The number of aryl methyl sites for hydroxylation is 1. The summed E-state index contributed by atoms with van der Waals surface area (Å²) in [6.07, 6.45) is 3.87. The van der Waals surface area contributed by atoms with E-state index in [-0.39, 0.29) is 17.9 Å². The highest BCUT2D eigenvalue weighted by molar-refractivity contribution is 5.86. The van der Waals surface area contributed by atoms with Crippen LogP contribution in [0.4, 0.5) is 10.2 Å². The lowest BCUT2D eigenvalue weighted by atomic mass is 10.0. The van der Waals surface area contributed by atoms with Crippen LogP contribution in [0.15, 0.2) is 18.3 Å². The largest absolute Gasteiger partial charge is 0.356 e. The van der Waals surface area contributed by atoms with Crippen molar-refractivity contribution in [1.29, 1.82) is 0 Å². The van der Waals surface area contributed by atoms with Crippen LogP contribution in [0.3, 0.4) is 0 Å². The average molecular weight is 343 g/mol. The SMILES string of the molecule is Cc1nc(N2CCC(N3CC(CF)CC3=O)CC2)c2cccnc2n1. The Kier molecular flexibility index (Phi) is 4.23. The number of anilines is 1. The Hall–Kier alpha value is -2.31. The van der Waals surface area contributed by atoms with E-state index in [4.69, 9.17) is 0 Å². The van der Waals surface area contributed by atoms with Crippen molar-refractivity contribution in [3.63, 3.8) is 0 Å². The number of rotatable bonds is 3. The molecule has 4 heterocycles. The van der Waals surface area contributed by atoms with Gasteiger partial charge >= 0.3 is 0 Å². The van der Waals surface area contributed by atoms with Gasteiger partial charge in [0.15, 0.2) is 5.65 Å². The number of carbonyl (C=O) groups excluding carboxylic acids is 1. The van der Waals surface area contributed by atoms with Crippen molar-refractivity contribution < 1.29 is 9.18 Å². The first-order chi connectivity index (χ1) is 12.2. The fraction of sp³-hybridized carbons (Fsp3) is 0.556. The lowest BCUT2D eigenvalue weighted by Crippen LogP contribution is -2.46. The summed E-state index contributed by atoms with van der Waals surface area (Å²) in [7, 11) is 0. The monoisotopic (exact) mass is 343 g/mol. The zero-order valence-corrected chi connectivity index (χ0v) is 14.4. The van der Waals surface area contributed by atoms with Gasteiger partial charge in [-0.15, -0.1) is 0 Å². The molecule has 0 spiro atoms. The topological polar surface area (TPSA) is 62.2 Å². The normalized spacial score (nSPS) is 22.2. The Balaban J connectivity index is 1.50. The second-order valence-electron chi connectivity index (χ2n) is 6.96. The van der Waals surface area contributed by atoms with Gasteiger partial charge in [0.2, 0.25) is 5.91 Å². The zero-order valence-electron chi connectivity index (χ0n) is 14.4. The number of halogens is 1. The first-order valence-corrected chi connectivity index (χ1v) is 8.85. The molecule has 2 aromatic rings. The van der Waals surface area contributed by atoms with Crippen LogP contribution in [0.1, 0.15) is 25.1 Å². The molecule has 0 bridgehead atoms. The molecule has 0 radical (unpaired) electrons. The van der Waals surface area contributed by atoms with Gasteiger partial charge in [-0.3, -0.25) is 9.18 Å². The summed E-state index contributed by atoms with van der Waals surface area (Å²) in [5, 5.41) is 0.960. The molecule has 132 valence electrons. The molecule has 0 saturated carbocycles. The molecule has 2 aliphatic rings. The fourth-order valence-corrected chi connectivity index (χ4v) is 3.95. The Labute approximate surface area is 146 Å². The predicted octanol–water partition coefficient (Wildman–Crippen LogP) is 2.12. The van der Waals surface area contributed by atoms with Gasteiger partial charge in [-0.25, -0.2) is 15.0 Å². The van der Waals surface area contributed by atoms with Gasteiger partial charge in [-0.1, -0.05) is 0 Å². The summed E-state index contributed by atoms with van der Waals surface area (Å²) in [5.41, 5.74) is 0.715. The van der Waals surface area contributed by atoms with E-state index in [1.54, 1.807) is 6.20 Å². The molecule has 2 aromatic heterocycles. The van der Waals surface area contributed by atoms with E-state index in [0.717, 1.165) is 37.1 Å². The number of aromatic nitrogens is 3. The second kappa shape index (κ2) is 6.54. The Morgan fingerprint density at radius 3 is 2.80 bits per heavy atom. The van der Waals surface area contributed by atoms with E-state index in [0.29, 0.717) is 24.4 Å². The minimum Gasteiger partial charge on any atom is -0.356 e. The van der Waals surface area contributed by atoms with Gasteiger partial charge in [-0.05, 0) is 31.9 Å². The Morgan fingerprint density at radius 1 is 1.28 bits per heavy atom. The molecule has 1 unspecified atom stereocenters. The van der Waals surface area contributed by atoms with E-state index in [9.17, 15) is 9.18 Å². The number of pyridine rings is 1. The third-order valence-electron chi connectivity index (χ3n) is 5.22. The number of fused-ring (bicyclic) bond motifs is 1. The summed E-state index contributed by atoms with van der Waals surface area (Å²) < 4.78 is 12.9.